The van der Waals surface area contributed by atoms with Gasteiger partial charge in [0.05, 0.1) is 7.11 Å². The summed E-state index contributed by atoms with van der Waals surface area (Å²) < 4.78 is 5.41. The average molecular weight is 335 g/mol. The number of thioether (sulfide) groups is 2. The molecule has 3 rings (SSSR count). The van der Waals surface area contributed by atoms with Crippen LogP contribution in [0.2, 0.25) is 0 Å². The van der Waals surface area contributed by atoms with Crippen LogP contribution in [-0.4, -0.2) is 18.6 Å². The van der Waals surface area contributed by atoms with Crippen LogP contribution in [-0.2, 0) is 4.08 Å². The number of thiophene rings is 1. The molecule has 1 saturated heterocycles. The first-order valence-electron chi connectivity index (χ1n) is 6.98. The molecule has 0 amide bonds. The lowest BCUT2D eigenvalue weighted by Gasteiger charge is -2.34. The number of hydrogen-bond acceptors (Lipinski definition) is 4. The monoisotopic (exact) mass is 334 g/mol. The molecule has 0 radical (unpaired) electrons. The van der Waals surface area contributed by atoms with E-state index in [4.69, 9.17) is 4.74 Å². The van der Waals surface area contributed by atoms with Gasteiger partial charge in [-0.3, -0.25) is 0 Å². The lowest BCUT2D eigenvalue weighted by molar-refractivity contribution is 0.414. The normalized spacial score (nSPS) is 18.0. The highest BCUT2D eigenvalue weighted by Gasteiger charge is 2.33. The Labute approximate surface area is 138 Å². The fraction of sp³-hybridized carbons (Fsp3) is 0.294. The quantitative estimate of drug-likeness (QED) is 0.731. The summed E-state index contributed by atoms with van der Waals surface area (Å²) in [6.45, 7) is 0. The first-order chi connectivity index (χ1) is 10.3. The van der Waals surface area contributed by atoms with Gasteiger partial charge in [0, 0.05) is 4.88 Å². The predicted molar refractivity (Wildman–Crippen MR) is 97.6 cm³/mol. The Morgan fingerprint density at radius 3 is 2.71 bits per heavy atom. The standard InChI is InChI=1S/C17H18OS3/c1-18-15-6-2-5-14(13-15)17(20-11-4-12-21-17)9-8-16-7-3-10-19-16/h2-3,5-10,13H,4,11-12H2,1H3/b9-8+. The van der Waals surface area contributed by atoms with Gasteiger partial charge in [0.1, 0.15) is 9.83 Å². The van der Waals surface area contributed by atoms with Crippen molar-refractivity contribution in [2.75, 3.05) is 18.6 Å². The molecule has 1 nitrogen and oxygen atoms in total. The maximum absolute atomic E-state index is 5.40. The average Bonchev–Trinajstić information content (AvgIpc) is 3.07. The molecule has 2 aromatic rings. The van der Waals surface area contributed by atoms with Crippen LogP contribution < -0.4 is 4.74 Å². The van der Waals surface area contributed by atoms with Crippen molar-refractivity contribution in [3.05, 3.63) is 58.3 Å². The molecule has 1 aliphatic heterocycles. The third-order valence-corrected chi connectivity index (χ3v) is 7.54. The molecule has 1 aromatic carbocycles. The second-order valence-corrected chi connectivity index (χ2v) is 8.72. The summed E-state index contributed by atoms with van der Waals surface area (Å²) in [7, 11) is 1.73. The third kappa shape index (κ3) is 3.50. The lowest BCUT2D eigenvalue weighted by atomic mass is 10.1. The Balaban J connectivity index is 1.95. The highest BCUT2D eigenvalue weighted by Crippen LogP contribution is 2.52. The third-order valence-electron chi connectivity index (χ3n) is 3.40. The van der Waals surface area contributed by atoms with E-state index >= 15 is 0 Å². The number of methoxy groups -OCH3 is 1. The van der Waals surface area contributed by atoms with Crippen LogP contribution in [0.3, 0.4) is 0 Å². The van der Waals surface area contributed by atoms with Crippen LogP contribution >= 0.6 is 34.9 Å². The minimum Gasteiger partial charge on any atom is -0.497 e. The van der Waals surface area contributed by atoms with E-state index in [1.807, 2.05) is 29.6 Å². The van der Waals surface area contributed by atoms with Gasteiger partial charge in [-0.2, -0.15) is 0 Å². The van der Waals surface area contributed by atoms with Gasteiger partial charge in [0.2, 0.25) is 0 Å². The number of rotatable bonds is 4. The van der Waals surface area contributed by atoms with E-state index in [0.29, 0.717) is 0 Å². The van der Waals surface area contributed by atoms with Crippen molar-refractivity contribution in [1.82, 2.24) is 0 Å². The van der Waals surface area contributed by atoms with Crippen molar-refractivity contribution >= 4 is 40.9 Å². The van der Waals surface area contributed by atoms with E-state index in [2.05, 4.69) is 47.9 Å². The molecule has 0 aliphatic carbocycles. The van der Waals surface area contributed by atoms with Crippen LogP contribution in [0.1, 0.15) is 16.9 Å². The van der Waals surface area contributed by atoms with Gasteiger partial charge < -0.3 is 4.74 Å². The first kappa shape index (κ1) is 15.1. The summed E-state index contributed by atoms with van der Waals surface area (Å²) in [5.41, 5.74) is 1.32. The zero-order valence-corrected chi connectivity index (χ0v) is 14.4. The van der Waals surface area contributed by atoms with Crippen LogP contribution in [0.15, 0.2) is 47.9 Å². The molecule has 21 heavy (non-hydrogen) atoms. The topological polar surface area (TPSA) is 9.23 Å². The zero-order valence-electron chi connectivity index (χ0n) is 12.0. The van der Waals surface area contributed by atoms with E-state index in [0.717, 1.165) is 5.75 Å². The molecule has 4 heteroatoms. The minimum atomic E-state index is 0.0107. The van der Waals surface area contributed by atoms with E-state index in [1.54, 1.807) is 18.4 Å². The molecule has 2 heterocycles. The van der Waals surface area contributed by atoms with Crippen molar-refractivity contribution in [2.45, 2.75) is 10.5 Å². The second-order valence-electron chi connectivity index (χ2n) is 4.80. The van der Waals surface area contributed by atoms with Crippen LogP contribution in [0.4, 0.5) is 0 Å². The molecule has 1 aliphatic rings. The molecular weight excluding hydrogens is 316 g/mol. The Hall–Kier alpha value is -0.840. The van der Waals surface area contributed by atoms with E-state index in [-0.39, 0.29) is 4.08 Å². The Morgan fingerprint density at radius 1 is 1.14 bits per heavy atom. The summed E-state index contributed by atoms with van der Waals surface area (Å²) in [6.07, 6.45) is 5.91. The summed E-state index contributed by atoms with van der Waals surface area (Å²) in [5, 5.41) is 2.12. The van der Waals surface area contributed by atoms with Gasteiger partial charge in [0.25, 0.3) is 0 Å². The molecule has 0 unspecified atom stereocenters. The molecule has 1 fully saturated rings. The van der Waals surface area contributed by atoms with E-state index in [9.17, 15) is 0 Å². The van der Waals surface area contributed by atoms with Gasteiger partial charge in [-0.05, 0) is 53.1 Å². The number of benzene rings is 1. The summed E-state index contributed by atoms with van der Waals surface area (Å²) in [6, 6.07) is 12.8. The van der Waals surface area contributed by atoms with Crippen molar-refractivity contribution in [3.8, 4) is 5.75 Å². The van der Waals surface area contributed by atoms with Gasteiger partial charge in [-0.25, -0.2) is 0 Å². The van der Waals surface area contributed by atoms with Crippen molar-refractivity contribution in [3.63, 3.8) is 0 Å². The van der Waals surface area contributed by atoms with Crippen molar-refractivity contribution in [1.29, 1.82) is 0 Å². The molecule has 0 N–H and O–H groups in total. The highest BCUT2D eigenvalue weighted by atomic mass is 32.2. The smallest absolute Gasteiger partial charge is 0.119 e. The molecular formula is C17H18OS3. The molecule has 0 bridgehead atoms. The summed E-state index contributed by atoms with van der Waals surface area (Å²) in [4.78, 5) is 1.31. The largest absolute Gasteiger partial charge is 0.497 e. The molecule has 1 aromatic heterocycles. The lowest BCUT2D eigenvalue weighted by Crippen LogP contribution is -2.20. The van der Waals surface area contributed by atoms with Crippen molar-refractivity contribution < 1.29 is 4.74 Å². The molecule has 0 spiro atoms. The van der Waals surface area contributed by atoms with Crippen LogP contribution in [0, 0.1) is 0 Å². The van der Waals surface area contributed by atoms with Gasteiger partial charge in [0.15, 0.2) is 0 Å². The Kier molecular flexibility index (Phi) is 4.99. The number of hydrogen-bond donors (Lipinski definition) is 0. The Morgan fingerprint density at radius 2 is 2.00 bits per heavy atom. The van der Waals surface area contributed by atoms with Crippen molar-refractivity contribution in [2.24, 2.45) is 0 Å². The fourth-order valence-electron chi connectivity index (χ4n) is 2.33. The summed E-state index contributed by atoms with van der Waals surface area (Å²) in [5.74, 6) is 3.35. The Bertz CT molecular complexity index is 598. The number of ether oxygens (including phenoxy) is 1. The predicted octanol–water partition coefficient (Wildman–Crippen LogP) is 5.49. The van der Waals surface area contributed by atoms with E-state index in [1.165, 1.54) is 28.4 Å². The van der Waals surface area contributed by atoms with Crippen LogP contribution in [0.5, 0.6) is 5.75 Å². The van der Waals surface area contributed by atoms with Gasteiger partial charge in [-0.15, -0.1) is 34.9 Å². The molecule has 110 valence electrons. The van der Waals surface area contributed by atoms with Gasteiger partial charge in [-0.1, -0.05) is 24.3 Å². The molecule has 0 atom stereocenters. The zero-order chi connectivity index (χ0) is 14.5. The van der Waals surface area contributed by atoms with E-state index < -0.39 is 0 Å². The second kappa shape index (κ2) is 6.95. The maximum atomic E-state index is 5.40. The SMILES string of the molecule is COc1cccc(C2(/C=C/c3cccs3)SCCCS2)c1. The first-order valence-corrected chi connectivity index (χ1v) is 9.83. The maximum Gasteiger partial charge on any atom is 0.119 e. The van der Waals surface area contributed by atoms with Crippen LogP contribution in [0.25, 0.3) is 6.08 Å². The van der Waals surface area contributed by atoms with Gasteiger partial charge >= 0.3 is 0 Å². The fourth-order valence-corrected chi connectivity index (χ4v) is 6.06. The summed E-state index contributed by atoms with van der Waals surface area (Å²) >= 11 is 5.84. The minimum absolute atomic E-state index is 0.0107. The highest BCUT2D eigenvalue weighted by molar-refractivity contribution is 8.18. The molecule has 0 saturated carbocycles.